The average Bonchev–Trinajstić information content (AvgIpc) is 3.40. The third kappa shape index (κ3) is 4.84. The van der Waals surface area contributed by atoms with Gasteiger partial charge in [-0.15, -0.1) is 0 Å². The molecule has 1 atom stereocenters. The number of anilines is 1. The Labute approximate surface area is 185 Å². The average molecular weight is 444 g/mol. The first-order valence-electron chi connectivity index (χ1n) is 10.8. The number of hydrogen-bond donors (Lipinski definition) is 1. The zero-order chi connectivity index (χ0) is 22.7. The molecule has 2 aliphatic rings. The second kappa shape index (κ2) is 9.54. The van der Waals surface area contributed by atoms with E-state index >= 15 is 0 Å². The number of carbonyl (C=O) groups excluding carboxylic acids is 2. The number of fused-ring (bicyclic) bond motifs is 1. The van der Waals surface area contributed by atoms with Gasteiger partial charge in [-0.1, -0.05) is 12.1 Å². The van der Waals surface area contributed by atoms with Crippen LogP contribution in [0, 0.1) is 5.92 Å². The molecule has 2 aromatic carbocycles. The van der Waals surface area contributed by atoms with Crippen LogP contribution < -0.4 is 19.7 Å². The molecule has 0 bridgehead atoms. The van der Waals surface area contributed by atoms with E-state index in [-0.39, 0.29) is 29.7 Å². The van der Waals surface area contributed by atoms with Gasteiger partial charge in [0.05, 0.1) is 13.0 Å². The van der Waals surface area contributed by atoms with Crippen molar-refractivity contribution in [2.75, 3.05) is 25.1 Å². The van der Waals surface area contributed by atoms with Crippen LogP contribution in [0.2, 0.25) is 0 Å². The van der Waals surface area contributed by atoms with Crippen molar-refractivity contribution < 1.29 is 27.8 Å². The maximum absolute atomic E-state index is 12.6. The summed E-state index contributed by atoms with van der Waals surface area (Å²) in [6, 6.07) is 10.8. The molecule has 32 heavy (non-hydrogen) atoms. The molecule has 8 heteroatoms. The van der Waals surface area contributed by atoms with Gasteiger partial charge in [-0.05, 0) is 66.6 Å². The number of amides is 2. The molecule has 170 valence electrons. The number of alkyl halides is 2. The van der Waals surface area contributed by atoms with Gasteiger partial charge in [-0.3, -0.25) is 9.59 Å². The van der Waals surface area contributed by atoms with E-state index in [4.69, 9.17) is 4.74 Å². The van der Waals surface area contributed by atoms with Gasteiger partial charge in [-0.25, -0.2) is 0 Å². The quantitative estimate of drug-likeness (QED) is 0.677. The van der Waals surface area contributed by atoms with Crippen molar-refractivity contribution in [3.05, 3.63) is 53.1 Å². The number of halogens is 2. The summed E-state index contributed by atoms with van der Waals surface area (Å²) in [6.45, 7) is -2.20. The normalized spacial score (nSPS) is 17.6. The summed E-state index contributed by atoms with van der Waals surface area (Å²) >= 11 is 0. The number of benzene rings is 2. The van der Waals surface area contributed by atoms with Gasteiger partial charge in [0.15, 0.2) is 11.5 Å². The number of aryl methyl sites for hydroxylation is 2. The van der Waals surface area contributed by atoms with Crippen LogP contribution in [0.25, 0.3) is 0 Å². The number of methoxy groups -OCH3 is 1. The van der Waals surface area contributed by atoms with Crippen LogP contribution in [0.5, 0.6) is 11.5 Å². The second-order valence-electron chi connectivity index (χ2n) is 8.12. The minimum absolute atomic E-state index is 0.0357. The Balaban J connectivity index is 1.31. The van der Waals surface area contributed by atoms with Crippen molar-refractivity contribution in [1.29, 1.82) is 0 Å². The molecule has 1 aliphatic heterocycles. The van der Waals surface area contributed by atoms with Gasteiger partial charge in [0.25, 0.3) is 0 Å². The van der Waals surface area contributed by atoms with E-state index in [0.717, 1.165) is 30.5 Å². The Kier molecular flexibility index (Phi) is 6.58. The maximum Gasteiger partial charge on any atom is 0.387 e. The van der Waals surface area contributed by atoms with Crippen molar-refractivity contribution in [3.63, 3.8) is 0 Å². The van der Waals surface area contributed by atoms with E-state index in [1.165, 1.54) is 24.3 Å². The topological polar surface area (TPSA) is 67.9 Å². The van der Waals surface area contributed by atoms with Gasteiger partial charge in [0.1, 0.15) is 0 Å². The third-order valence-electron chi connectivity index (χ3n) is 6.05. The largest absolute Gasteiger partial charge is 0.493 e. The fourth-order valence-corrected chi connectivity index (χ4v) is 4.39. The zero-order valence-electron chi connectivity index (χ0n) is 17.9. The minimum atomic E-state index is -2.93. The molecular formula is C24H26F2N2O4. The molecule has 1 unspecified atom stereocenters. The second-order valence-corrected chi connectivity index (χ2v) is 8.12. The van der Waals surface area contributed by atoms with Gasteiger partial charge in [-0.2, -0.15) is 8.78 Å². The Hall–Kier alpha value is -3.16. The van der Waals surface area contributed by atoms with E-state index in [0.29, 0.717) is 19.5 Å². The lowest BCUT2D eigenvalue weighted by Gasteiger charge is -2.18. The molecule has 6 nitrogen and oxygen atoms in total. The fourth-order valence-electron chi connectivity index (χ4n) is 4.39. The molecule has 0 saturated carbocycles. The van der Waals surface area contributed by atoms with Crippen LogP contribution in [0.3, 0.4) is 0 Å². The minimum Gasteiger partial charge on any atom is -0.493 e. The molecule has 0 aromatic heterocycles. The Morgan fingerprint density at radius 1 is 1.16 bits per heavy atom. The summed E-state index contributed by atoms with van der Waals surface area (Å²) in [5.41, 5.74) is 4.32. The van der Waals surface area contributed by atoms with Gasteiger partial charge >= 0.3 is 6.61 Å². The molecule has 1 saturated heterocycles. The fraction of sp³-hybridized carbons (Fsp3) is 0.417. The Morgan fingerprint density at radius 2 is 1.97 bits per heavy atom. The van der Waals surface area contributed by atoms with E-state index in [9.17, 15) is 18.4 Å². The number of ether oxygens (including phenoxy) is 2. The van der Waals surface area contributed by atoms with Gasteiger partial charge in [0, 0.05) is 25.2 Å². The predicted molar refractivity (Wildman–Crippen MR) is 115 cm³/mol. The predicted octanol–water partition coefficient (Wildman–Crippen LogP) is 3.50. The maximum atomic E-state index is 12.6. The molecule has 2 amide bonds. The van der Waals surface area contributed by atoms with Crippen LogP contribution in [-0.4, -0.2) is 38.6 Å². The van der Waals surface area contributed by atoms with Crippen LogP contribution in [-0.2, 0) is 28.9 Å². The monoisotopic (exact) mass is 444 g/mol. The Morgan fingerprint density at radius 3 is 2.75 bits per heavy atom. The van der Waals surface area contributed by atoms with Crippen molar-refractivity contribution in [2.45, 2.75) is 38.7 Å². The highest BCUT2D eigenvalue weighted by Crippen LogP contribution is 2.31. The number of carbonyl (C=O) groups is 2. The number of nitrogens with zero attached hydrogens (tertiary/aromatic N) is 1. The summed E-state index contributed by atoms with van der Waals surface area (Å²) in [5, 5.41) is 2.88. The first kappa shape index (κ1) is 22.0. The first-order valence-corrected chi connectivity index (χ1v) is 10.8. The highest BCUT2D eigenvalue weighted by Gasteiger charge is 2.35. The van der Waals surface area contributed by atoms with Gasteiger partial charge < -0.3 is 19.7 Å². The van der Waals surface area contributed by atoms with E-state index < -0.39 is 12.5 Å². The van der Waals surface area contributed by atoms with E-state index in [2.05, 4.69) is 22.2 Å². The molecule has 1 aliphatic carbocycles. The number of hydrogen-bond acceptors (Lipinski definition) is 4. The van der Waals surface area contributed by atoms with Crippen molar-refractivity contribution >= 4 is 17.5 Å². The van der Waals surface area contributed by atoms with Crippen LogP contribution >= 0.6 is 0 Å². The van der Waals surface area contributed by atoms with Gasteiger partial charge in [0.2, 0.25) is 11.8 Å². The number of rotatable bonds is 8. The molecule has 4 rings (SSSR count). The molecule has 1 heterocycles. The van der Waals surface area contributed by atoms with Crippen molar-refractivity contribution in [3.8, 4) is 11.5 Å². The molecular weight excluding hydrogens is 418 g/mol. The summed E-state index contributed by atoms with van der Waals surface area (Å²) < 4.78 is 34.4. The SMILES string of the molecule is COc1cc(CCNC(=O)C2CC(=O)N(c3ccc4c(c3)CCC4)C2)ccc1OC(F)F. The lowest BCUT2D eigenvalue weighted by atomic mass is 10.1. The molecule has 2 aromatic rings. The molecule has 0 radical (unpaired) electrons. The highest BCUT2D eigenvalue weighted by atomic mass is 19.3. The van der Waals surface area contributed by atoms with E-state index in [1.54, 1.807) is 17.0 Å². The van der Waals surface area contributed by atoms with Crippen molar-refractivity contribution in [2.24, 2.45) is 5.92 Å². The smallest absolute Gasteiger partial charge is 0.387 e. The van der Waals surface area contributed by atoms with Crippen molar-refractivity contribution in [1.82, 2.24) is 5.32 Å². The number of nitrogens with one attached hydrogen (secondary N) is 1. The summed E-state index contributed by atoms with van der Waals surface area (Å²) in [4.78, 5) is 26.9. The van der Waals surface area contributed by atoms with E-state index in [1.807, 2.05) is 6.07 Å². The molecule has 1 fully saturated rings. The molecule has 0 spiro atoms. The van der Waals surface area contributed by atoms with Crippen LogP contribution in [0.15, 0.2) is 36.4 Å². The highest BCUT2D eigenvalue weighted by molar-refractivity contribution is 6.00. The van der Waals surface area contributed by atoms with Crippen LogP contribution in [0.1, 0.15) is 29.5 Å². The third-order valence-corrected chi connectivity index (χ3v) is 6.05. The molecule has 1 N–H and O–H groups in total. The first-order chi connectivity index (χ1) is 15.4. The Bertz CT molecular complexity index is 1010. The summed E-state index contributed by atoms with van der Waals surface area (Å²) in [6.07, 6.45) is 3.95. The van der Waals surface area contributed by atoms with Crippen LogP contribution in [0.4, 0.5) is 14.5 Å². The summed E-state index contributed by atoms with van der Waals surface area (Å²) in [5.74, 6) is -0.423. The zero-order valence-corrected chi connectivity index (χ0v) is 17.9. The summed E-state index contributed by atoms with van der Waals surface area (Å²) in [7, 11) is 1.38. The lowest BCUT2D eigenvalue weighted by molar-refractivity contribution is -0.126. The standard InChI is InChI=1S/C24H26F2N2O4/c1-31-21-11-15(5-8-20(21)32-24(25)26)9-10-27-23(30)18-13-22(29)28(14-18)19-7-6-16-3-2-4-17(16)12-19/h5-8,11-12,18,24H,2-4,9-10,13-14H2,1H3,(H,27,30). The lowest BCUT2D eigenvalue weighted by Crippen LogP contribution is -2.34.